The predicted octanol–water partition coefficient (Wildman–Crippen LogP) is 1.75. The number of halogens is 1. The van der Waals surface area contributed by atoms with Crippen LogP contribution in [-0.4, -0.2) is 64.9 Å². The third kappa shape index (κ3) is 8.81. The average Bonchev–Trinajstić information content (AvgIpc) is 3.01. The van der Waals surface area contributed by atoms with E-state index < -0.39 is 0 Å². The van der Waals surface area contributed by atoms with Gasteiger partial charge in [-0.25, -0.2) is 0 Å². The molecule has 0 bridgehead atoms. The number of guanidine groups is 1. The quantitative estimate of drug-likeness (QED) is 0.305. The van der Waals surface area contributed by atoms with Gasteiger partial charge in [-0.3, -0.25) is 4.99 Å². The third-order valence-electron chi connectivity index (χ3n) is 3.67. The summed E-state index contributed by atoms with van der Waals surface area (Å²) in [5.41, 5.74) is 0. The highest BCUT2D eigenvalue weighted by molar-refractivity contribution is 14.0. The van der Waals surface area contributed by atoms with Crippen LogP contribution < -0.4 is 10.6 Å². The van der Waals surface area contributed by atoms with Gasteiger partial charge in [-0.1, -0.05) is 20.8 Å². The summed E-state index contributed by atoms with van der Waals surface area (Å²) < 4.78 is 2.08. The molecule has 0 amide bonds. The molecule has 0 radical (unpaired) electrons. The fourth-order valence-electron chi connectivity index (χ4n) is 2.42. The topological polar surface area (TPSA) is 70.4 Å². The van der Waals surface area contributed by atoms with Crippen molar-refractivity contribution in [1.82, 2.24) is 30.3 Å². The average molecular weight is 451 g/mol. The second-order valence-corrected chi connectivity index (χ2v) is 5.42. The normalized spacial score (nSPS) is 11.5. The summed E-state index contributed by atoms with van der Waals surface area (Å²) in [5.74, 6) is 1.90. The molecule has 0 fully saturated rings. The van der Waals surface area contributed by atoms with E-state index in [0.717, 1.165) is 64.0 Å². The molecule has 0 aliphatic heterocycles. The maximum Gasteiger partial charge on any atom is 0.191 e. The van der Waals surface area contributed by atoms with Crippen LogP contribution in [0.1, 0.15) is 39.9 Å². The second kappa shape index (κ2) is 14.4. The van der Waals surface area contributed by atoms with E-state index in [1.807, 2.05) is 0 Å². The van der Waals surface area contributed by atoms with Gasteiger partial charge in [0.15, 0.2) is 5.96 Å². The maximum atomic E-state index is 4.66. The van der Waals surface area contributed by atoms with Crippen molar-refractivity contribution in [2.45, 2.75) is 47.1 Å². The van der Waals surface area contributed by atoms with Gasteiger partial charge in [-0.05, 0) is 26.4 Å². The van der Waals surface area contributed by atoms with E-state index in [4.69, 9.17) is 0 Å². The van der Waals surface area contributed by atoms with E-state index in [9.17, 15) is 0 Å². The Morgan fingerprint density at radius 2 is 2.00 bits per heavy atom. The van der Waals surface area contributed by atoms with E-state index in [-0.39, 0.29) is 24.0 Å². The first-order valence-electron chi connectivity index (χ1n) is 8.86. The Kier molecular flexibility index (Phi) is 13.9. The standard InChI is InChI=1S/C16H33N7.HI/c1-5-11-22(8-4)12-9-18-16(17-7-3)19-10-13-23-14-20-21-15(23)6-2;/h14H,5-13H2,1-4H3,(H2,17,18,19);1H. The minimum atomic E-state index is 0. The molecule has 0 saturated carbocycles. The van der Waals surface area contributed by atoms with Crippen LogP contribution in [0.25, 0.3) is 0 Å². The zero-order chi connectivity index (χ0) is 16.9. The molecule has 0 aromatic carbocycles. The van der Waals surface area contributed by atoms with E-state index in [0.29, 0.717) is 0 Å². The molecule has 1 rings (SSSR count). The molecular weight excluding hydrogens is 417 g/mol. The van der Waals surface area contributed by atoms with E-state index in [1.165, 1.54) is 6.42 Å². The molecule has 1 heterocycles. The number of rotatable bonds is 11. The molecule has 0 saturated heterocycles. The zero-order valence-electron chi connectivity index (χ0n) is 15.6. The summed E-state index contributed by atoms with van der Waals surface area (Å²) in [5, 5.41) is 14.7. The van der Waals surface area contributed by atoms with Crippen LogP contribution >= 0.6 is 24.0 Å². The monoisotopic (exact) mass is 451 g/mol. The molecule has 0 aliphatic rings. The van der Waals surface area contributed by atoms with Gasteiger partial charge in [-0.15, -0.1) is 34.2 Å². The smallest absolute Gasteiger partial charge is 0.191 e. The van der Waals surface area contributed by atoms with Gasteiger partial charge in [0.1, 0.15) is 12.2 Å². The van der Waals surface area contributed by atoms with Crippen LogP contribution in [0.5, 0.6) is 0 Å². The minimum absolute atomic E-state index is 0. The van der Waals surface area contributed by atoms with Gasteiger partial charge in [0.2, 0.25) is 0 Å². The Bertz CT molecular complexity index is 447. The highest BCUT2D eigenvalue weighted by Gasteiger charge is 2.03. The molecule has 0 atom stereocenters. The van der Waals surface area contributed by atoms with Crippen LogP contribution in [-0.2, 0) is 13.0 Å². The summed E-state index contributed by atoms with van der Waals surface area (Å²) in [6.45, 7) is 15.2. The first-order chi connectivity index (χ1) is 11.2. The summed E-state index contributed by atoms with van der Waals surface area (Å²) in [4.78, 5) is 7.09. The largest absolute Gasteiger partial charge is 0.357 e. The van der Waals surface area contributed by atoms with Crippen molar-refractivity contribution in [2.75, 3.05) is 39.3 Å². The van der Waals surface area contributed by atoms with Gasteiger partial charge < -0.3 is 20.1 Å². The van der Waals surface area contributed by atoms with Crippen LogP contribution in [0.15, 0.2) is 11.3 Å². The Balaban J connectivity index is 0.00000529. The molecule has 140 valence electrons. The Morgan fingerprint density at radius 1 is 1.21 bits per heavy atom. The fourth-order valence-corrected chi connectivity index (χ4v) is 2.42. The van der Waals surface area contributed by atoms with E-state index >= 15 is 0 Å². The molecule has 1 aromatic rings. The van der Waals surface area contributed by atoms with Crippen LogP contribution in [0, 0.1) is 0 Å². The molecule has 7 nitrogen and oxygen atoms in total. The Labute approximate surface area is 163 Å². The number of likely N-dealkylation sites (N-methyl/N-ethyl adjacent to an activating group) is 1. The fraction of sp³-hybridized carbons (Fsp3) is 0.812. The number of nitrogens with zero attached hydrogens (tertiary/aromatic N) is 5. The lowest BCUT2D eigenvalue weighted by Crippen LogP contribution is -2.39. The minimum Gasteiger partial charge on any atom is -0.357 e. The molecule has 0 spiro atoms. The molecule has 0 unspecified atom stereocenters. The summed E-state index contributed by atoms with van der Waals surface area (Å²) in [6, 6.07) is 0. The van der Waals surface area contributed by atoms with Gasteiger partial charge in [-0.2, -0.15) is 0 Å². The molecule has 1 aromatic heterocycles. The Hall–Kier alpha value is -0.900. The molecule has 24 heavy (non-hydrogen) atoms. The SMILES string of the molecule is CCCN(CC)CCN=C(NCC)NCCn1cnnc1CC.I. The summed E-state index contributed by atoms with van der Waals surface area (Å²) >= 11 is 0. The Morgan fingerprint density at radius 3 is 2.62 bits per heavy atom. The number of aryl methyl sites for hydroxylation is 1. The number of nitrogens with one attached hydrogen (secondary N) is 2. The van der Waals surface area contributed by atoms with Crippen molar-refractivity contribution in [3.8, 4) is 0 Å². The number of hydrogen-bond acceptors (Lipinski definition) is 4. The van der Waals surface area contributed by atoms with Gasteiger partial charge >= 0.3 is 0 Å². The lowest BCUT2D eigenvalue weighted by Gasteiger charge is -2.18. The van der Waals surface area contributed by atoms with Crippen LogP contribution in [0.2, 0.25) is 0 Å². The first kappa shape index (κ1) is 23.1. The molecule has 2 N–H and O–H groups in total. The number of hydrogen-bond donors (Lipinski definition) is 2. The van der Waals surface area contributed by atoms with Crippen LogP contribution in [0.4, 0.5) is 0 Å². The van der Waals surface area contributed by atoms with Crippen molar-refractivity contribution >= 4 is 29.9 Å². The van der Waals surface area contributed by atoms with Crippen molar-refractivity contribution in [2.24, 2.45) is 4.99 Å². The number of aromatic nitrogens is 3. The molecule has 8 heteroatoms. The lowest BCUT2D eigenvalue weighted by molar-refractivity contribution is 0.297. The van der Waals surface area contributed by atoms with Crippen molar-refractivity contribution in [1.29, 1.82) is 0 Å². The molecular formula is C16H34IN7. The van der Waals surface area contributed by atoms with Crippen molar-refractivity contribution < 1.29 is 0 Å². The van der Waals surface area contributed by atoms with E-state index in [2.05, 4.69) is 63.0 Å². The van der Waals surface area contributed by atoms with Gasteiger partial charge in [0.25, 0.3) is 0 Å². The lowest BCUT2D eigenvalue weighted by atomic mass is 10.4. The van der Waals surface area contributed by atoms with Gasteiger partial charge in [0, 0.05) is 32.6 Å². The second-order valence-electron chi connectivity index (χ2n) is 5.42. The molecule has 0 aliphatic carbocycles. The predicted molar refractivity (Wildman–Crippen MR) is 111 cm³/mol. The zero-order valence-corrected chi connectivity index (χ0v) is 17.9. The first-order valence-corrected chi connectivity index (χ1v) is 8.86. The summed E-state index contributed by atoms with van der Waals surface area (Å²) in [6.07, 6.45) is 3.88. The highest BCUT2D eigenvalue weighted by Crippen LogP contribution is 1.95. The maximum absolute atomic E-state index is 4.66. The van der Waals surface area contributed by atoms with Gasteiger partial charge in [0.05, 0.1) is 6.54 Å². The van der Waals surface area contributed by atoms with E-state index in [1.54, 1.807) is 6.33 Å². The third-order valence-corrected chi connectivity index (χ3v) is 3.67. The van der Waals surface area contributed by atoms with Crippen molar-refractivity contribution in [3.63, 3.8) is 0 Å². The number of aliphatic imine (C=N–C) groups is 1. The van der Waals surface area contributed by atoms with Crippen molar-refractivity contribution in [3.05, 3.63) is 12.2 Å². The highest BCUT2D eigenvalue weighted by atomic mass is 127. The summed E-state index contributed by atoms with van der Waals surface area (Å²) in [7, 11) is 0. The van der Waals surface area contributed by atoms with Crippen LogP contribution in [0.3, 0.4) is 0 Å².